The second-order valence-corrected chi connectivity index (χ2v) is 4.26. The molecule has 0 aliphatic carbocycles. The molecule has 1 unspecified atom stereocenters. The van der Waals surface area contributed by atoms with Gasteiger partial charge in [-0.25, -0.2) is 4.68 Å². The van der Waals surface area contributed by atoms with Crippen molar-refractivity contribution in [3.8, 4) is 0 Å². The first-order valence-electron chi connectivity index (χ1n) is 4.66. The molecule has 1 heterocycles. The van der Waals surface area contributed by atoms with Crippen molar-refractivity contribution >= 4 is 17.2 Å². The Kier molecular flexibility index (Phi) is 3.21. The van der Waals surface area contributed by atoms with E-state index in [1.54, 1.807) is 0 Å². The summed E-state index contributed by atoms with van der Waals surface area (Å²) in [6, 6.07) is 0.311. The fourth-order valence-electron chi connectivity index (χ4n) is 1.24. The Balaban J connectivity index is 3.06. The number of nitrogens with zero attached hydrogens (tertiary/aromatic N) is 3. The molecular formula is C9H16N4S. The van der Waals surface area contributed by atoms with Gasteiger partial charge in [0.15, 0.2) is 0 Å². The van der Waals surface area contributed by atoms with E-state index in [9.17, 15) is 0 Å². The van der Waals surface area contributed by atoms with Gasteiger partial charge in [-0.2, -0.15) is 0 Å². The highest BCUT2D eigenvalue weighted by Crippen LogP contribution is 2.18. The van der Waals surface area contributed by atoms with Crippen molar-refractivity contribution in [1.29, 1.82) is 0 Å². The first-order valence-corrected chi connectivity index (χ1v) is 5.07. The van der Waals surface area contributed by atoms with Crippen LogP contribution in [0.15, 0.2) is 0 Å². The van der Waals surface area contributed by atoms with Crippen LogP contribution >= 0.6 is 12.2 Å². The van der Waals surface area contributed by atoms with Crippen LogP contribution in [0.4, 0.5) is 0 Å². The molecule has 2 N–H and O–H groups in total. The fourth-order valence-corrected chi connectivity index (χ4v) is 1.43. The molecule has 1 aromatic rings. The molecule has 0 bridgehead atoms. The van der Waals surface area contributed by atoms with E-state index in [2.05, 4.69) is 31.1 Å². The maximum atomic E-state index is 5.52. The maximum absolute atomic E-state index is 5.52. The molecule has 78 valence electrons. The summed E-state index contributed by atoms with van der Waals surface area (Å²) in [5.41, 5.74) is 7.09. The topological polar surface area (TPSA) is 56.7 Å². The summed E-state index contributed by atoms with van der Waals surface area (Å²) in [6.45, 7) is 8.33. The Morgan fingerprint density at radius 1 is 1.43 bits per heavy atom. The van der Waals surface area contributed by atoms with E-state index in [0.29, 0.717) is 22.6 Å². The van der Waals surface area contributed by atoms with Crippen LogP contribution in [0.1, 0.15) is 38.2 Å². The Morgan fingerprint density at radius 2 is 2.00 bits per heavy atom. The predicted octanol–water partition coefficient (Wildman–Crippen LogP) is 1.44. The largest absolute Gasteiger partial charge is 0.388 e. The number of thiocarbonyl (C=S) groups is 1. The van der Waals surface area contributed by atoms with Gasteiger partial charge in [-0.1, -0.05) is 31.3 Å². The van der Waals surface area contributed by atoms with Crippen LogP contribution in [-0.4, -0.2) is 20.0 Å². The van der Waals surface area contributed by atoms with Gasteiger partial charge in [0.2, 0.25) is 0 Å². The smallest absolute Gasteiger partial charge is 0.142 e. The molecule has 0 fully saturated rings. The van der Waals surface area contributed by atoms with Crippen molar-refractivity contribution < 1.29 is 0 Å². The van der Waals surface area contributed by atoms with Crippen LogP contribution < -0.4 is 5.73 Å². The van der Waals surface area contributed by atoms with Crippen LogP contribution in [0, 0.1) is 12.8 Å². The van der Waals surface area contributed by atoms with Crippen molar-refractivity contribution in [3.63, 3.8) is 0 Å². The van der Waals surface area contributed by atoms with Crippen molar-refractivity contribution in [1.82, 2.24) is 15.0 Å². The molecule has 0 amide bonds. The van der Waals surface area contributed by atoms with Crippen LogP contribution in [0.3, 0.4) is 0 Å². The normalized spacial score (nSPS) is 13.2. The summed E-state index contributed by atoms with van der Waals surface area (Å²) >= 11 is 4.88. The zero-order chi connectivity index (χ0) is 10.9. The highest BCUT2D eigenvalue weighted by molar-refractivity contribution is 7.80. The second-order valence-electron chi connectivity index (χ2n) is 3.82. The molecule has 0 saturated carbocycles. The van der Waals surface area contributed by atoms with Crippen LogP contribution in [0.2, 0.25) is 0 Å². The maximum Gasteiger partial charge on any atom is 0.142 e. The molecule has 4 nitrogen and oxygen atoms in total. The number of rotatable bonds is 3. The SMILES string of the molecule is Cc1c(C(N)=S)nnn1C(C)C(C)C. The summed E-state index contributed by atoms with van der Waals surface area (Å²) < 4.78 is 1.87. The van der Waals surface area contributed by atoms with E-state index in [1.165, 1.54) is 0 Å². The minimum Gasteiger partial charge on any atom is -0.388 e. The van der Waals surface area contributed by atoms with Gasteiger partial charge in [0.1, 0.15) is 10.7 Å². The van der Waals surface area contributed by atoms with Crippen molar-refractivity contribution in [2.75, 3.05) is 0 Å². The van der Waals surface area contributed by atoms with E-state index >= 15 is 0 Å². The average molecular weight is 212 g/mol. The molecule has 0 spiro atoms. The molecule has 14 heavy (non-hydrogen) atoms. The molecule has 0 aromatic carbocycles. The quantitative estimate of drug-likeness (QED) is 0.770. The van der Waals surface area contributed by atoms with Gasteiger partial charge in [0.05, 0.1) is 11.7 Å². The summed E-state index contributed by atoms with van der Waals surface area (Å²) in [4.78, 5) is 0.310. The monoisotopic (exact) mass is 212 g/mol. The lowest BCUT2D eigenvalue weighted by Gasteiger charge is -2.16. The van der Waals surface area contributed by atoms with E-state index in [1.807, 2.05) is 11.6 Å². The van der Waals surface area contributed by atoms with Gasteiger partial charge in [-0.15, -0.1) is 5.10 Å². The van der Waals surface area contributed by atoms with E-state index in [0.717, 1.165) is 5.69 Å². The van der Waals surface area contributed by atoms with Crippen LogP contribution in [-0.2, 0) is 0 Å². The van der Waals surface area contributed by atoms with Gasteiger partial charge in [-0.3, -0.25) is 0 Å². The molecule has 0 aliphatic rings. The molecule has 1 aromatic heterocycles. The lowest BCUT2D eigenvalue weighted by Crippen LogP contribution is -2.16. The summed E-state index contributed by atoms with van der Waals surface area (Å²) in [5, 5.41) is 8.02. The first-order chi connectivity index (χ1) is 6.45. The second kappa shape index (κ2) is 4.04. The zero-order valence-corrected chi connectivity index (χ0v) is 9.80. The van der Waals surface area contributed by atoms with Gasteiger partial charge in [0, 0.05) is 0 Å². The lowest BCUT2D eigenvalue weighted by atomic mass is 10.1. The van der Waals surface area contributed by atoms with Gasteiger partial charge >= 0.3 is 0 Å². The third kappa shape index (κ3) is 1.92. The molecule has 5 heteroatoms. The Hall–Kier alpha value is -0.970. The zero-order valence-electron chi connectivity index (χ0n) is 8.98. The fraction of sp³-hybridized carbons (Fsp3) is 0.667. The predicted molar refractivity (Wildman–Crippen MR) is 60.2 cm³/mol. The van der Waals surface area contributed by atoms with Crippen molar-refractivity contribution in [2.24, 2.45) is 11.7 Å². The van der Waals surface area contributed by atoms with Crippen LogP contribution in [0.25, 0.3) is 0 Å². The summed E-state index contributed by atoms with van der Waals surface area (Å²) in [6.07, 6.45) is 0. The average Bonchev–Trinajstić information content (AvgIpc) is 2.45. The number of hydrogen-bond donors (Lipinski definition) is 1. The summed E-state index contributed by atoms with van der Waals surface area (Å²) in [5.74, 6) is 0.509. The highest BCUT2D eigenvalue weighted by Gasteiger charge is 2.17. The van der Waals surface area contributed by atoms with Crippen molar-refractivity contribution in [2.45, 2.75) is 33.7 Å². The first kappa shape index (κ1) is 11.1. The van der Waals surface area contributed by atoms with Crippen LogP contribution in [0.5, 0.6) is 0 Å². The lowest BCUT2D eigenvalue weighted by molar-refractivity contribution is 0.362. The van der Waals surface area contributed by atoms with E-state index < -0.39 is 0 Å². The third-order valence-corrected chi connectivity index (χ3v) is 2.70. The molecule has 1 rings (SSSR count). The minimum atomic E-state index is 0.310. The number of nitrogens with two attached hydrogens (primary N) is 1. The van der Waals surface area contributed by atoms with E-state index in [4.69, 9.17) is 18.0 Å². The Labute approximate surface area is 89.5 Å². The molecular weight excluding hydrogens is 196 g/mol. The minimum absolute atomic E-state index is 0.310. The molecule has 1 atom stereocenters. The van der Waals surface area contributed by atoms with E-state index in [-0.39, 0.29) is 0 Å². The summed E-state index contributed by atoms with van der Waals surface area (Å²) in [7, 11) is 0. The van der Waals surface area contributed by atoms with Gasteiger partial charge < -0.3 is 5.73 Å². The van der Waals surface area contributed by atoms with Gasteiger partial charge in [0.25, 0.3) is 0 Å². The van der Waals surface area contributed by atoms with Crippen molar-refractivity contribution in [3.05, 3.63) is 11.4 Å². The Bertz CT molecular complexity index is 343. The third-order valence-electron chi connectivity index (χ3n) is 2.51. The number of aromatic nitrogens is 3. The highest BCUT2D eigenvalue weighted by atomic mass is 32.1. The number of hydrogen-bond acceptors (Lipinski definition) is 3. The van der Waals surface area contributed by atoms with Gasteiger partial charge in [-0.05, 0) is 19.8 Å². The molecule has 0 radical (unpaired) electrons. The standard InChI is InChI=1S/C9H16N4S/c1-5(2)6(3)13-7(4)8(9(10)14)11-12-13/h5-6H,1-4H3,(H2,10,14). The molecule has 0 aliphatic heterocycles. The molecule has 0 saturated heterocycles. The Morgan fingerprint density at radius 3 is 2.36 bits per heavy atom.